The van der Waals surface area contributed by atoms with E-state index in [9.17, 15) is 13.4 Å². The van der Waals surface area contributed by atoms with E-state index in [2.05, 4.69) is 4.65 Å². The topological polar surface area (TPSA) is 35.5 Å². The Labute approximate surface area is 110 Å². The molecular weight excluding hydrogens is 253 g/mol. The highest BCUT2D eigenvalue weighted by molar-refractivity contribution is 6.36. The Hall–Kier alpha value is -1.85. The molecule has 0 saturated carbocycles. The molecule has 1 aliphatic rings. The van der Waals surface area contributed by atoms with Gasteiger partial charge < -0.3 is 9.39 Å². The van der Waals surface area contributed by atoms with Crippen molar-refractivity contribution in [1.29, 1.82) is 0 Å². The summed E-state index contributed by atoms with van der Waals surface area (Å²) in [5.74, 6) is -0.650. The van der Waals surface area contributed by atoms with Gasteiger partial charge in [-0.2, -0.15) is 0 Å². The number of esters is 1. The first kappa shape index (κ1) is 13.6. The van der Waals surface area contributed by atoms with Gasteiger partial charge in [-0.1, -0.05) is 24.3 Å². The van der Waals surface area contributed by atoms with Crippen LogP contribution in [0.25, 0.3) is 5.76 Å². The smallest absolute Gasteiger partial charge is 0.504 e. The molecule has 0 fully saturated rings. The fourth-order valence-electron chi connectivity index (χ4n) is 2.13. The monoisotopic (exact) mass is 266 g/mol. The van der Waals surface area contributed by atoms with E-state index in [1.165, 1.54) is 0 Å². The number of fused-ring (bicyclic) bond motifs is 1. The van der Waals surface area contributed by atoms with Crippen molar-refractivity contribution < 1.29 is 22.8 Å². The predicted molar refractivity (Wildman–Crippen MR) is 67.4 cm³/mol. The van der Waals surface area contributed by atoms with E-state index in [1.807, 2.05) is 12.1 Å². The van der Waals surface area contributed by atoms with Gasteiger partial charge in [0.2, 0.25) is 0 Å². The first-order valence-electron chi connectivity index (χ1n) is 6.06. The van der Waals surface area contributed by atoms with Crippen LogP contribution in [-0.2, 0) is 20.6 Å². The molecule has 100 valence electrons. The predicted octanol–water partition coefficient (Wildman–Crippen LogP) is 2.85. The SMILES string of the molecule is CCOC(=O)C1=C(OB(F)F)c2ccccc2CC1. The lowest BCUT2D eigenvalue weighted by Gasteiger charge is -2.22. The van der Waals surface area contributed by atoms with Crippen LogP contribution in [0.3, 0.4) is 0 Å². The molecule has 0 N–H and O–H groups in total. The summed E-state index contributed by atoms with van der Waals surface area (Å²) in [6, 6.07) is 7.06. The molecule has 6 heteroatoms. The molecule has 1 aromatic rings. The molecule has 0 unspecified atom stereocenters. The second kappa shape index (κ2) is 5.86. The zero-order valence-corrected chi connectivity index (χ0v) is 10.5. The van der Waals surface area contributed by atoms with Crippen LogP contribution in [0, 0.1) is 0 Å². The van der Waals surface area contributed by atoms with Crippen LogP contribution in [0.4, 0.5) is 8.63 Å². The van der Waals surface area contributed by atoms with Crippen molar-refractivity contribution in [3.8, 4) is 0 Å². The summed E-state index contributed by atoms with van der Waals surface area (Å²) >= 11 is 0. The molecule has 0 atom stereocenters. The second-order valence-electron chi connectivity index (χ2n) is 4.06. The van der Waals surface area contributed by atoms with Crippen LogP contribution in [-0.4, -0.2) is 20.0 Å². The van der Waals surface area contributed by atoms with Crippen LogP contribution in [0.1, 0.15) is 24.5 Å². The fraction of sp³-hybridized carbons (Fsp3) is 0.308. The summed E-state index contributed by atoms with van der Waals surface area (Å²) in [7, 11) is -2.97. The number of halogens is 2. The van der Waals surface area contributed by atoms with E-state index in [1.54, 1.807) is 19.1 Å². The van der Waals surface area contributed by atoms with Crippen molar-refractivity contribution >= 4 is 19.2 Å². The van der Waals surface area contributed by atoms with Gasteiger partial charge in [0.1, 0.15) is 5.76 Å². The maximum atomic E-state index is 12.5. The third-order valence-electron chi connectivity index (χ3n) is 2.91. The molecule has 0 radical (unpaired) electrons. The third-order valence-corrected chi connectivity index (χ3v) is 2.91. The molecule has 2 rings (SSSR count). The van der Waals surface area contributed by atoms with E-state index in [0.717, 1.165) is 5.56 Å². The number of carbonyl (C=O) groups excluding carboxylic acids is 1. The van der Waals surface area contributed by atoms with E-state index in [0.29, 0.717) is 18.4 Å². The van der Waals surface area contributed by atoms with Gasteiger partial charge in [-0.05, 0) is 25.3 Å². The first-order chi connectivity index (χ1) is 9.13. The summed E-state index contributed by atoms with van der Waals surface area (Å²) in [6.45, 7) is 1.87. The van der Waals surface area contributed by atoms with Gasteiger partial charge in [0.15, 0.2) is 0 Å². The molecule has 3 nitrogen and oxygen atoms in total. The first-order valence-corrected chi connectivity index (χ1v) is 6.06. The van der Waals surface area contributed by atoms with Crippen LogP contribution in [0.2, 0.25) is 0 Å². The number of hydrogen-bond donors (Lipinski definition) is 0. The zero-order valence-electron chi connectivity index (χ0n) is 10.5. The van der Waals surface area contributed by atoms with Crippen LogP contribution in [0.5, 0.6) is 0 Å². The van der Waals surface area contributed by atoms with Crippen molar-refractivity contribution in [2.45, 2.75) is 19.8 Å². The highest BCUT2D eigenvalue weighted by Crippen LogP contribution is 2.33. The van der Waals surface area contributed by atoms with Crippen molar-refractivity contribution in [2.24, 2.45) is 0 Å². The van der Waals surface area contributed by atoms with Crippen molar-refractivity contribution in [1.82, 2.24) is 0 Å². The second-order valence-corrected chi connectivity index (χ2v) is 4.06. The molecular formula is C13H13BF2O3. The Morgan fingerprint density at radius 2 is 2.05 bits per heavy atom. The standard InChI is InChI=1S/C13H13BF2O3/c1-2-18-13(17)11-8-7-9-5-3-4-6-10(9)12(11)19-14(15)16/h3-6H,2,7-8H2,1H3. The number of benzene rings is 1. The Morgan fingerprint density at radius 3 is 2.74 bits per heavy atom. The highest BCUT2D eigenvalue weighted by Gasteiger charge is 2.30. The minimum atomic E-state index is -2.97. The molecule has 0 bridgehead atoms. The minimum Gasteiger partial charge on any atom is -0.504 e. The maximum absolute atomic E-state index is 12.5. The van der Waals surface area contributed by atoms with E-state index in [4.69, 9.17) is 4.74 Å². The van der Waals surface area contributed by atoms with Gasteiger partial charge in [-0.25, -0.2) is 13.4 Å². The van der Waals surface area contributed by atoms with Crippen LogP contribution >= 0.6 is 0 Å². The summed E-state index contributed by atoms with van der Waals surface area (Å²) in [4.78, 5) is 11.8. The lowest BCUT2D eigenvalue weighted by atomic mass is 9.90. The number of ether oxygens (including phenoxy) is 1. The Balaban J connectivity index is 2.45. The van der Waals surface area contributed by atoms with Gasteiger partial charge in [0, 0.05) is 5.56 Å². The summed E-state index contributed by atoms with van der Waals surface area (Å²) in [5, 5.41) is 0. The maximum Gasteiger partial charge on any atom is 0.796 e. The van der Waals surface area contributed by atoms with Gasteiger partial charge in [0.25, 0.3) is 0 Å². The van der Waals surface area contributed by atoms with Gasteiger partial charge in [0.05, 0.1) is 12.2 Å². The van der Waals surface area contributed by atoms with Gasteiger partial charge in [-0.15, -0.1) is 0 Å². The molecule has 0 aromatic heterocycles. The molecule has 1 aromatic carbocycles. The number of carbonyl (C=O) groups is 1. The molecule has 0 spiro atoms. The Kier molecular flexibility index (Phi) is 4.19. The lowest BCUT2D eigenvalue weighted by molar-refractivity contribution is -0.138. The summed E-state index contributed by atoms with van der Waals surface area (Å²) in [6.07, 6.45) is 0.957. The Bertz CT molecular complexity index is 514. The quantitative estimate of drug-likeness (QED) is 0.621. The normalized spacial score (nSPS) is 13.8. The molecule has 0 saturated heterocycles. The van der Waals surface area contributed by atoms with Gasteiger partial charge >= 0.3 is 13.4 Å². The van der Waals surface area contributed by atoms with Crippen molar-refractivity contribution in [3.63, 3.8) is 0 Å². The van der Waals surface area contributed by atoms with Crippen LogP contribution in [0.15, 0.2) is 29.8 Å². The lowest BCUT2D eigenvalue weighted by Crippen LogP contribution is -2.18. The molecule has 0 heterocycles. The zero-order chi connectivity index (χ0) is 13.8. The van der Waals surface area contributed by atoms with Crippen molar-refractivity contribution in [2.75, 3.05) is 6.61 Å². The molecule has 0 amide bonds. The van der Waals surface area contributed by atoms with Gasteiger partial charge in [-0.3, -0.25) is 0 Å². The molecule has 1 aliphatic carbocycles. The average Bonchev–Trinajstić information content (AvgIpc) is 2.38. The van der Waals surface area contributed by atoms with E-state index < -0.39 is 13.4 Å². The summed E-state index contributed by atoms with van der Waals surface area (Å²) in [5.41, 5.74) is 1.61. The average molecular weight is 266 g/mol. The molecule has 0 aliphatic heterocycles. The van der Waals surface area contributed by atoms with E-state index >= 15 is 0 Å². The number of rotatable bonds is 4. The van der Waals surface area contributed by atoms with E-state index in [-0.39, 0.29) is 17.9 Å². The minimum absolute atomic E-state index is 0.0599. The summed E-state index contributed by atoms with van der Waals surface area (Å²) < 4.78 is 34.5. The Morgan fingerprint density at radius 1 is 1.32 bits per heavy atom. The number of aryl methyl sites for hydroxylation is 1. The van der Waals surface area contributed by atoms with Crippen molar-refractivity contribution in [3.05, 3.63) is 41.0 Å². The largest absolute Gasteiger partial charge is 0.796 e. The number of hydrogen-bond acceptors (Lipinski definition) is 3. The fourth-order valence-corrected chi connectivity index (χ4v) is 2.13. The van der Waals surface area contributed by atoms with Crippen LogP contribution < -0.4 is 0 Å². The third kappa shape index (κ3) is 2.94. The highest BCUT2D eigenvalue weighted by atomic mass is 19.2. The molecule has 19 heavy (non-hydrogen) atoms.